The van der Waals surface area contributed by atoms with E-state index in [0.29, 0.717) is 0 Å². The monoisotopic (exact) mass is 444 g/mol. The average Bonchev–Trinajstić information content (AvgIpc) is 2.90. The van der Waals surface area contributed by atoms with Gasteiger partial charge in [0.25, 0.3) is 0 Å². The molecule has 0 atom stereocenters. The zero-order valence-corrected chi connectivity index (χ0v) is 19.5. The SMILES string of the molecule is COc1ccc2cc(C#C[PH](c3ccccc3)(c3ccccc3)c3ccccc3)ccc2c1. The molecule has 5 aromatic rings. The zero-order chi connectivity index (χ0) is 22.5. The number of fused-ring (bicyclic) bond motifs is 1. The maximum atomic E-state index is 5.37. The van der Waals surface area contributed by atoms with Gasteiger partial charge in [-0.15, -0.1) is 0 Å². The molecule has 0 fully saturated rings. The molecule has 0 aromatic heterocycles. The second-order valence-electron chi connectivity index (χ2n) is 8.03. The van der Waals surface area contributed by atoms with Crippen LogP contribution in [-0.2, 0) is 0 Å². The molecule has 0 unspecified atom stereocenters. The summed E-state index contributed by atoms with van der Waals surface area (Å²) < 4.78 is 5.37. The molecule has 5 rings (SSSR count). The Hall–Kier alpha value is -3.85. The predicted molar refractivity (Wildman–Crippen MR) is 144 cm³/mol. The fourth-order valence-corrected chi connectivity index (χ4v) is 8.22. The Morgan fingerprint density at radius 2 is 1.03 bits per heavy atom. The molecule has 0 saturated carbocycles. The molecule has 0 amide bonds. The first kappa shape index (κ1) is 21.0. The van der Waals surface area contributed by atoms with E-state index in [-0.39, 0.29) is 0 Å². The summed E-state index contributed by atoms with van der Waals surface area (Å²) in [7, 11) is -0.874. The molecule has 5 aromatic carbocycles. The van der Waals surface area contributed by atoms with Crippen molar-refractivity contribution in [1.29, 1.82) is 0 Å². The number of hydrogen-bond donors (Lipinski definition) is 0. The van der Waals surface area contributed by atoms with Gasteiger partial charge in [0.2, 0.25) is 0 Å². The van der Waals surface area contributed by atoms with E-state index < -0.39 is 7.26 Å². The van der Waals surface area contributed by atoms with Crippen molar-refractivity contribution in [3.63, 3.8) is 0 Å². The van der Waals surface area contributed by atoms with Crippen LogP contribution in [-0.4, -0.2) is 7.11 Å². The van der Waals surface area contributed by atoms with Crippen molar-refractivity contribution in [2.45, 2.75) is 0 Å². The first-order chi connectivity index (χ1) is 16.3. The fraction of sp³-hybridized carbons (Fsp3) is 0.0323. The average molecular weight is 445 g/mol. The van der Waals surface area contributed by atoms with Crippen LogP contribution in [0.1, 0.15) is 5.56 Å². The zero-order valence-electron chi connectivity index (χ0n) is 18.5. The molecule has 0 aliphatic carbocycles. The van der Waals surface area contributed by atoms with Gasteiger partial charge in [-0.2, -0.15) is 0 Å². The molecule has 0 heterocycles. The Labute approximate surface area is 196 Å². The maximum absolute atomic E-state index is 5.37. The molecular formula is C31H25OP. The van der Waals surface area contributed by atoms with E-state index >= 15 is 0 Å². The summed E-state index contributed by atoms with van der Waals surface area (Å²) >= 11 is 0. The molecule has 33 heavy (non-hydrogen) atoms. The van der Waals surface area contributed by atoms with Crippen LogP contribution in [0.2, 0.25) is 0 Å². The summed E-state index contributed by atoms with van der Waals surface area (Å²) in [5.74, 6) is 4.45. The van der Waals surface area contributed by atoms with Crippen LogP contribution < -0.4 is 20.7 Å². The van der Waals surface area contributed by atoms with Gasteiger partial charge >= 0.3 is 196 Å². The summed E-state index contributed by atoms with van der Waals surface area (Å²) in [6, 6.07) is 44.9. The number of ether oxygens (including phenoxy) is 1. The molecule has 0 spiro atoms. The van der Waals surface area contributed by atoms with Crippen LogP contribution in [0, 0.1) is 11.6 Å². The van der Waals surface area contributed by atoms with Crippen LogP contribution in [0.3, 0.4) is 0 Å². The minimum atomic E-state index is -2.57. The first-order valence-electron chi connectivity index (χ1n) is 11.1. The molecule has 0 aliphatic rings. The molecule has 160 valence electrons. The van der Waals surface area contributed by atoms with Gasteiger partial charge in [-0.25, -0.2) is 0 Å². The van der Waals surface area contributed by atoms with E-state index in [1.807, 2.05) is 6.07 Å². The van der Waals surface area contributed by atoms with Crippen LogP contribution in [0.15, 0.2) is 127 Å². The van der Waals surface area contributed by atoms with Crippen LogP contribution in [0.25, 0.3) is 10.8 Å². The van der Waals surface area contributed by atoms with Gasteiger partial charge in [-0.3, -0.25) is 0 Å². The van der Waals surface area contributed by atoms with E-state index in [4.69, 9.17) is 4.74 Å². The Morgan fingerprint density at radius 1 is 0.545 bits per heavy atom. The standard InChI is InChI=1S/C31H25OP/c1-32-28-20-19-26-23-25(17-18-27(26)24-28)21-22-33(29-11-5-2-6-12-29,30-13-7-3-8-14-30)31-15-9-4-10-16-31/h2-20,23-24,33H,1H3. The Bertz CT molecular complexity index is 1340. The third-order valence-corrected chi connectivity index (χ3v) is 10.2. The quantitative estimate of drug-likeness (QED) is 0.248. The molecule has 0 aliphatic heterocycles. The van der Waals surface area contributed by atoms with Gasteiger partial charge < -0.3 is 0 Å². The molecule has 2 heteroatoms. The molecule has 1 nitrogen and oxygen atoms in total. The van der Waals surface area contributed by atoms with Gasteiger partial charge in [0.15, 0.2) is 0 Å². The number of benzene rings is 5. The molecule has 0 N–H and O–H groups in total. The molecule has 0 bridgehead atoms. The number of rotatable bonds is 4. The van der Waals surface area contributed by atoms with Crippen molar-refractivity contribution < 1.29 is 4.74 Å². The summed E-state index contributed by atoms with van der Waals surface area (Å²) in [5, 5.41) is 6.19. The summed E-state index contributed by atoms with van der Waals surface area (Å²) in [5.41, 5.74) is 4.87. The normalized spacial score (nSPS) is 11.4. The fourth-order valence-electron chi connectivity index (χ4n) is 4.38. The van der Waals surface area contributed by atoms with Gasteiger partial charge in [0.1, 0.15) is 0 Å². The van der Waals surface area contributed by atoms with Gasteiger partial charge in [0.05, 0.1) is 0 Å². The Kier molecular flexibility index (Phi) is 5.95. The van der Waals surface area contributed by atoms with Crippen molar-refractivity contribution in [1.82, 2.24) is 0 Å². The minimum absolute atomic E-state index is 0.866. The summed E-state index contributed by atoms with van der Waals surface area (Å²) in [6.07, 6.45) is 0. The van der Waals surface area contributed by atoms with Crippen LogP contribution >= 0.6 is 7.26 Å². The number of hydrogen-bond acceptors (Lipinski definition) is 1. The van der Waals surface area contributed by atoms with E-state index in [9.17, 15) is 0 Å². The number of methoxy groups -OCH3 is 1. The Balaban J connectivity index is 1.73. The topological polar surface area (TPSA) is 9.23 Å². The van der Waals surface area contributed by atoms with Gasteiger partial charge in [-0.05, 0) is 0 Å². The summed E-state index contributed by atoms with van der Waals surface area (Å²) in [4.78, 5) is 0. The third-order valence-electron chi connectivity index (χ3n) is 6.06. The van der Waals surface area contributed by atoms with E-state index in [1.165, 1.54) is 15.9 Å². The predicted octanol–water partition coefficient (Wildman–Crippen LogP) is 5.88. The third kappa shape index (κ3) is 4.14. The van der Waals surface area contributed by atoms with Gasteiger partial charge in [0, 0.05) is 0 Å². The molecule has 0 saturated heterocycles. The van der Waals surface area contributed by atoms with Crippen LogP contribution in [0.5, 0.6) is 5.75 Å². The second kappa shape index (κ2) is 9.33. The van der Waals surface area contributed by atoms with Crippen molar-refractivity contribution in [2.24, 2.45) is 0 Å². The van der Waals surface area contributed by atoms with Crippen molar-refractivity contribution in [3.05, 3.63) is 133 Å². The molecule has 0 radical (unpaired) electrons. The van der Waals surface area contributed by atoms with E-state index in [0.717, 1.165) is 22.1 Å². The second-order valence-corrected chi connectivity index (χ2v) is 11.5. The Morgan fingerprint density at radius 3 is 1.55 bits per heavy atom. The van der Waals surface area contributed by atoms with E-state index in [1.54, 1.807) is 7.11 Å². The van der Waals surface area contributed by atoms with Crippen molar-refractivity contribution >= 4 is 33.9 Å². The summed E-state index contributed by atoms with van der Waals surface area (Å²) in [6.45, 7) is 0. The van der Waals surface area contributed by atoms with Crippen molar-refractivity contribution in [3.8, 4) is 17.3 Å². The first-order valence-corrected chi connectivity index (χ1v) is 13.1. The van der Waals surface area contributed by atoms with E-state index in [2.05, 4.69) is 133 Å². The van der Waals surface area contributed by atoms with Gasteiger partial charge in [-0.1, -0.05) is 0 Å². The van der Waals surface area contributed by atoms with Crippen molar-refractivity contribution in [2.75, 3.05) is 7.11 Å². The van der Waals surface area contributed by atoms with Crippen LogP contribution in [0.4, 0.5) is 0 Å². The molecular weight excluding hydrogens is 419 g/mol.